The van der Waals surface area contributed by atoms with Gasteiger partial charge in [0.15, 0.2) is 0 Å². The van der Waals surface area contributed by atoms with Gasteiger partial charge in [-0.05, 0) is 31.8 Å². The number of piperidine rings is 1. The van der Waals surface area contributed by atoms with Crippen LogP contribution in [-0.4, -0.2) is 33.6 Å². The average molecular weight is 246 g/mol. The van der Waals surface area contributed by atoms with Gasteiger partial charge in [0.05, 0.1) is 0 Å². The molecular formula is C7H13F3N2O2S. The predicted molar refractivity (Wildman–Crippen MR) is 48.6 cm³/mol. The Morgan fingerprint density at radius 1 is 1.27 bits per heavy atom. The van der Waals surface area contributed by atoms with Gasteiger partial charge < -0.3 is 5.32 Å². The molecular weight excluding hydrogens is 233 g/mol. The second-order valence-electron chi connectivity index (χ2n) is 3.49. The van der Waals surface area contributed by atoms with Gasteiger partial charge in [-0.3, -0.25) is 0 Å². The standard InChI is InChI=1S/C7H13F3N2O2S/c8-7(9,10)15(13,14)12-5-6-1-3-11-4-2-6/h6,11-12H,1-5H2. The van der Waals surface area contributed by atoms with E-state index in [1.807, 2.05) is 0 Å². The quantitative estimate of drug-likeness (QED) is 0.759. The molecule has 1 fully saturated rings. The Hall–Kier alpha value is -0.340. The Morgan fingerprint density at radius 2 is 1.80 bits per heavy atom. The number of nitrogens with one attached hydrogen (secondary N) is 2. The highest BCUT2D eigenvalue weighted by Crippen LogP contribution is 2.22. The molecule has 0 atom stereocenters. The molecule has 0 aromatic carbocycles. The zero-order chi connectivity index (χ0) is 11.5. The van der Waals surface area contributed by atoms with Gasteiger partial charge in [0.25, 0.3) is 0 Å². The summed E-state index contributed by atoms with van der Waals surface area (Å²) in [6.45, 7) is 1.31. The van der Waals surface area contributed by atoms with E-state index in [0.29, 0.717) is 12.8 Å². The van der Waals surface area contributed by atoms with Crippen LogP contribution in [0.3, 0.4) is 0 Å². The van der Waals surface area contributed by atoms with Crippen molar-refractivity contribution in [3.8, 4) is 0 Å². The summed E-state index contributed by atoms with van der Waals surface area (Å²) in [4.78, 5) is 0. The van der Waals surface area contributed by atoms with Crippen molar-refractivity contribution >= 4 is 10.0 Å². The summed E-state index contributed by atoms with van der Waals surface area (Å²) in [6, 6.07) is 0. The molecule has 0 bridgehead atoms. The zero-order valence-electron chi connectivity index (χ0n) is 7.97. The molecule has 1 aliphatic rings. The summed E-state index contributed by atoms with van der Waals surface area (Å²) >= 11 is 0. The second kappa shape index (κ2) is 4.67. The van der Waals surface area contributed by atoms with Crippen molar-refractivity contribution in [1.82, 2.24) is 10.0 Å². The first-order chi connectivity index (χ1) is 6.83. The Bertz CT molecular complexity index is 296. The predicted octanol–water partition coefficient (Wildman–Crippen LogP) is 0.425. The van der Waals surface area contributed by atoms with Gasteiger partial charge in [0, 0.05) is 6.54 Å². The molecule has 1 saturated heterocycles. The molecule has 2 N–H and O–H groups in total. The SMILES string of the molecule is O=S(=O)(NCC1CCNCC1)C(F)(F)F. The number of halogens is 3. The summed E-state index contributed by atoms with van der Waals surface area (Å²) < 4.78 is 58.6. The monoisotopic (exact) mass is 246 g/mol. The lowest BCUT2D eigenvalue weighted by Crippen LogP contribution is -2.41. The molecule has 0 aliphatic carbocycles. The van der Waals surface area contributed by atoms with Crippen LogP contribution in [0.5, 0.6) is 0 Å². The zero-order valence-corrected chi connectivity index (χ0v) is 8.79. The first kappa shape index (κ1) is 12.7. The van der Waals surface area contributed by atoms with Gasteiger partial charge in [-0.1, -0.05) is 0 Å². The Balaban J connectivity index is 2.42. The van der Waals surface area contributed by atoms with Crippen molar-refractivity contribution in [2.24, 2.45) is 5.92 Å². The largest absolute Gasteiger partial charge is 0.511 e. The maximum Gasteiger partial charge on any atom is 0.511 e. The van der Waals surface area contributed by atoms with E-state index in [-0.39, 0.29) is 12.5 Å². The Labute approximate surface area is 86.3 Å². The molecule has 1 heterocycles. The molecule has 0 radical (unpaired) electrons. The normalized spacial score (nSPS) is 20.5. The molecule has 0 aromatic heterocycles. The van der Waals surface area contributed by atoms with Crippen LogP contribution in [0.15, 0.2) is 0 Å². The third kappa shape index (κ3) is 3.62. The topological polar surface area (TPSA) is 58.2 Å². The molecule has 15 heavy (non-hydrogen) atoms. The van der Waals surface area contributed by atoms with Crippen LogP contribution in [0.25, 0.3) is 0 Å². The van der Waals surface area contributed by atoms with E-state index in [9.17, 15) is 21.6 Å². The highest BCUT2D eigenvalue weighted by atomic mass is 32.2. The number of rotatable bonds is 3. The van der Waals surface area contributed by atoms with Gasteiger partial charge in [-0.2, -0.15) is 13.2 Å². The van der Waals surface area contributed by atoms with E-state index >= 15 is 0 Å². The minimum Gasteiger partial charge on any atom is -0.317 e. The smallest absolute Gasteiger partial charge is 0.317 e. The first-order valence-electron chi connectivity index (χ1n) is 4.59. The van der Waals surface area contributed by atoms with Crippen LogP contribution in [0.4, 0.5) is 13.2 Å². The summed E-state index contributed by atoms with van der Waals surface area (Å²) in [5, 5.41) is 3.04. The maximum absolute atomic E-state index is 11.9. The van der Waals surface area contributed by atoms with Crippen LogP contribution in [0.2, 0.25) is 0 Å². The molecule has 4 nitrogen and oxygen atoms in total. The Kier molecular flexibility index (Phi) is 3.96. The van der Waals surface area contributed by atoms with Gasteiger partial charge in [0.1, 0.15) is 0 Å². The van der Waals surface area contributed by atoms with Crippen LogP contribution < -0.4 is 10.0 Å². The molecule has 0 amide bonds. The highest BCUT2D eigenvalue weighted by Gasteiger charge is 2.45. The summed E-state index contributed by atoms with van der Waals surface area (Å²) in [7, 11) is -5.17. The van der Waals surface area contributed by atoms with Crippen molar-refractivity contribution in [2.75, 3.05) is 19.6 Å². The number of alkyl halides is 3. The third-order valence-corrected chi connectivity index (χ3v) is 3.48. The molecule has 0 saturated carbocycles. The van der Waals surface area contributed by atoms with Crippen molar-refractivity contribution in [3.05, 3.63) is 0 Å². The number of sulfonamides is 1. The van der Waals surface area contributed by atoms with Crippen molar-refractivity contribution in [1.29, 1.82) is 0 Å². The maximum atomic E-state index is 11.9. The van der Waals surface area contributed by atoms with Crippen LogP contribution in [0.1, 0.15) is 12.8 Å². The lowest BCUT2D eigenvalue weighted by Gasteiger charge is -2.22. The fraction of sp³-hybridized carbons (Fsp3) is 1.00. The van der Waals surface area contributed by atoms with E-state index in [1.54, 1.807) is 4.72 Å². The number of hydrogen-bond acceptors (Lipinski definition) is 3. The van der Waals surface area contributed by atoms with E-state index < -0.39 is 15.5 Å². The summed E-state index contributed by atoms with van der Waals surface area (Å²) in [5.74, 6) is -0.0108. The minimum absolute atomic E-state index is 0.0108. The number of hydrogen-bond donors (Lipinski definition) is 2. The lowest BCUT2D eigenvalue weighted by atomic mass is 9.99. The second-order valence-corrected chi connectivity index (χ2v) is 5.25. The third-order valence-electron chi connectivity index (χ3n) is 2.33. The van der Waals surface area contributed by atoms with Gasteiger partial charge in [-0.15, -0.1) is 0 Å². The van der Waals surface area contributed by atoms with Crippen LogP contribution >= 0.6 is 0 Å². The fourth-order valence-corrected chi connectivity index (χ4v) is 2.01. The molecule has 8 heteroatoms. The van der Waals surface area contributed by atoms with Gasteiger partial charge in [-0.25, -0.2) is 13.1 Å². The molecule has 1 aliphatic heterocycles. The van der Waals surface area contributed by atoms with E-state index in [2.05, 4.69) is 5.32 Å². The van der Waals surface area contributed by atoms with E-state index in [1.165, 1.54) is 0 Å². The first-order valence-corrected chi connectivity index (χ1v) is 6.08. The van der Waals surface area contributed by atoms with Crippen LogP contribution in [0, 0.1) is 5.92 Å². The van der Waals surface area contributed by atoms with E-state index in [0.717, 1.165) is 13.1 Å². The van der Waals surface area contributed by atoms with Crippen molar-refractivity contribution in [2.45, 2.75) is 18.3 Å². The summed E-state index contributed by atoms with van der Waals surface area (Å²) in [5.41, 5.74) is -5.21. The molecule has 0 unspecified atom stereocenters. The molecule has 0 spiro atoms. The molecule has 90 valence electrons. The van der Waals surface area contributed by atoms with Gasteiger partial charge >= 0.3 is 15.5 Å². The fourth-order valence-electron chi connectivity index (χ4n) is 1.40. The Morgan fingerprint density at radius 3 is 2.27 bits per heavy atom. The highest BCUT2D eigenvalue weighted by molar-refractivity contribution is 7.90. The van der Waals surface area contributed by atoms with Crippen molar-refractivity contribution < 1.29 is 21.6 Å². The van der Waals surface area contributed by atoms with Gasteiger partial charge in [0.2, 0.25) is 0 Å². The lowest BCUT2D eigenvalue weighted by molar-refractivity contribution is -0.0448. The van der Waals surface area contributed by atoms with E-state index in [4.69, 9.17) is 0 Å². The average Bonchev–Trinajstić information content (AvgIpc) is 2.15. The molecule has 0 aromatic rings. The van der Waals surface area contributed by atoms with Crippen LogP contribution in [-0.2, 0) is 10.0 Å². The van der Waals surface area contributed by atoms with Crippen molar-refractivity contribution in [3.63, 3.8) is 0 Å². The summed E-state index contributed by atoms with van der Waals surface area (Å²) in [6.07, 6.45) is 1.39. The minimum atomic E-state index is -5.21. The molecule has 1 rings (SSSR count).